The van der Waals surface area contributed by atoms with Gasteiger partial charge in [-0.2, -0.15) is 4.31 Å². The molecule has 0 fully saturated rings. The highest BCUT2D eigenvalue weighted by molar-refractivity contribution is 7.89. The standard InChI is InChI=1S/C11H14F2N2O2S/c1-3-5-15(4-2)18(16,17)11-9(12)6-8(14)7-10(11)13/h3,6-7H,1,4-5,14H2,2H3. The van der Waals surface area contributed by atoms with Crippen LogP contribution in [0.1, 0.15) is 6.92 Å². The molecule has 4 nitrogen and oxygen atoms in total. The van der Waals surface area contributed by atoms with Gasteiger partial charge in [0.2, 0.25) is 10.0 Å². The Morgan fingerprint density at radius 1 is 1.39 bits per heavy atom. The van der Waals surface area contributed by atoms with Crippen LogP contribution in [0, 0.1) is 11.6 Å². The summed E-state index contributed by atoms with van der Waals surface area (Å²) in [6.45, 7) is 5.02. The summed E-state index contributed by atoms with van der Waals surface area (Å²) in [7, 11) is -4.23. The number of halogens is 2. The average Bonchev–Trinajstić information content (AvgIpc) is 2.23. The van der Waals surface area contributed by atoms with E-state index in [9.17, 15) is 17.2 Å². The number of nitrogens with zero attached hydrogens (tertiary/aromatic N) is 1. The third kappa shape index (κ3) is 2.68. The van der Waals surface area contributed by atoms with Gasteiger partial charge in [-0.1, -0.05) is 13.0 Å². The molecule has 1 rings (SSSR count). The molecule has 0 amide bonds. The molecule has 0 aliphatic carbocycles. The normalized spacial score (nSPS) is 11.8. The van der Waals surface area contributed by atoms with Gasteiger partial charge in [-0.25, -0.2) is 17.2 Å². The Hall–Kier alpha value is -1.47. The Balaban J connectivity index is 3.40. The van der Waals surface area contributed by atoms with Crippen LogP contribution in [-0.4, -0.2) is 25.8 Å². The topological polar surface area (TPSA) is 63.4 Å². The fourth-order valence-electron chi connectivity index (χ4n) is 1.50. The number of hydrogen-bond acceptors (Lipinski definition) is 3. The van der Waals surface area contributed by atoms with Crippen molar-refractivity contribution in [3.63, 3.8) is 0 Å². The minimum absolute atomic E-state index is 0.0257. The maximum Gasteiger partial charge on any atom is 0.249 e. The van der Waals surface area contributed by atoms with Crippen molar-refractivity contribution >= 4 is 15.7 Å². The molecule has 0 heterocycles. The third-order valence-electron chi connectivity index (χ3n) is 2.30. The number of sulfonamides is 1. The fraction of sp³-hybridized carbons (Fsp3) is 0.273. The quantitative estimate of drug-likeness (QED) is 0.658. The lowest BCUT2D eigenvalue weighted by Gasteiger charge is -2.19. The van der Waals surface area contributed by atoms with Gasteiger partial charge < -0.3 is 5.73 Å². The predicted molar refractivity (Wildman–Crippen MR) is 65.4 cm³/mol. The molecule has 0 aliphatic heterocycles. The van der Waals surface area contributed by atoms with Crippen molar-refractivity contribution in [2.75, 3.05) is 18.8 Å². The molecule has 0 saturated carbocycles. The summed E-state index contributed by atoms with van der Waals surface area (Å²) in [5, 5.41) is 0. The van der Waals surface area contributed by atoms with Gasteiger partial charge in [0, 0.05) is 18.8 Å². The maximum absolute atomic E-state index is 13.6. The van der Waals surface area contributed by atoms with Crippen LogP contribution in [0.3, 0.4) is 0 Å². The van der Waals surface area contributed by atoms with Gasteiger partial charge in [0.1, 0.15) is 11.6 Å². The highest BCUT2D eigenvalue weighted by atomic mass is 32.2. The Labute approximate surface area is 105 Å². The van der Waals surface area contributed by atoms with Gasteiger partial charge in [-0.15, -0.1) is 6.58 Å². The first-order chi connectivity index (χ1) is 8.34. The second-order valence-electron chi connectivity index (χ2n) is 3.56. The minimum Gasteiger partial charge on any atom is -0.399 e. The van der Waals surface area contributed by atoms with Crippen molar-refractivity contribution in [1.82, 2.24) is 4.31 Å². The Bertz CT molecular complexity index is 535. The molecule has 0 saturated heterocycles. The molecular formula is C11H14F2N2O2S. The molecule has 18 heavy (non-hydrogen) atoms. The fourth-order valence-corrected chi connectivity index (χ4v) is 3.01. The number of nitrogen functional groups attached to an aromatic ring is 1. The first kappa shape index (κ1) is 14.6. The van der Waals surface area contributed by atoms with Crippen molar-refractivity contribution < 1.29 is 17.2 Å². The van der Waals surface area contributed by atoms with E-state index in [1.807, 2.05) is 0 Å². The summed E-state index contributed by atoms with van der Waals surface area (Å²) in [6.07, 6.45) is 1.34. The van der Waals surface area contributed by atoms with E-state index >= 15 is 0 Å². The molecule has 1 aromatic rings. The van der Waals surface area contributed by atoms with E-state index in [2.05, 4.69) is 6.58 Å². The molecule has 0 aromatic heterocycles. The van der Waals surface area contributed by atoms with Crippen LogP contribution in [0.25, 0.3) is 0 Å². The zero-order chi connectivity index (χ0) is 13.9. The summed E-state index contributed by atoms with van der Waals surface area (Å²) in [5.74, 6) is -2.40. The number of anilines is 1. The third-order valence-corrected chi connectivity index (χ3v) is 4.30. The zero-order valence-electron chi connectivity index (χ0n) is 9.86. The van der Waals surface area contributed by atoms with E-state index in [1.165, 1.54) is 6.08 Å². The molecule has 0 radical (unpaired) electrons. The van der Waals surface area contributed by atoms with Gasteiger partial charge in [0.05, 0.1) is 0 Å². The SMILES string of the molecule is C=CCN(CC)S(=O)(=O)c1c(F)cc(N)cc1F. The highest BCUT2D eigenvalue weighted by Gasteiger charge is 2.29. The van der Waals surface area contributed by atoms with Crippen LogP contribution in [0.4, 0.5) is 14.5 Å². The van der Waals surface area contributed by atoms with Crippen molar-refractivity contribution in [3.05, 3.63) is 36.4 Å². The zero-order valence-corrected chi connectivity index (χ0v) is 10.7. The van der Waals surface area contributed by atoms with Crippen LogP contribution < -0.4 is 5.73 Å². The molecule has 0 unspecified atom stereocenters. The largest absolute Gasteiger partial charge is 0.399 e. The second kappa shape index (κ2) is 5.45. The van der Waals surface area contributed by atoms with E-state index in [4.69, 9.17) is 5.73 Å². The van der Waals surface area contributed by atoms with E-state index in [1.54, 1.807) is 6.92 Å². The number of hydrogen-bond donors (Lipinski definition) is 1. The monoisotopic (exact) mass is 276 g/mol. The first-order valence-corrected chi connectivity index (χ1v) is 6.64. The molecule has 2 N–H and O–H groups in total. The number of likely N-dealkylation sites (N-methyl/N-ethyl adjacent to an activating group) is 1. The maximum atomic E-state index is 13.6. The summed E-state index contributed by atoms with van der Waals surface area (Å²) in [6, 6.07) is 1.55. The first-order valence-electron chi connectivity index (χ1n) is 5.20. The van der Waals surface area contributed by atoms with Crippen LogP contribution in [0.5, 0.6) is 0 Å². The predicted octanol–water partition coefficient (Wildman–Crippen LogP) is 1.74. The molecule has 0 aliphatic rings. The summed E-state index contributed by atoms with van der Waals surface area (Å²) < 4.78 is 52.2. The smallest absolute Gasteiger partial charge is 0.249 e. The van der Waals surface area contributed by atoms with Crippen molar-refractivity contribution in [2.45, 2.75) is 11.8 Å². The second-order valence-corrected chi connectivity index (χ2v) is 5.43. The summed E-state index contributed by atoms with van der Waals surface area (Å²) >= 11 is 0. The molecule has 0 bridgehead atoms. The Morgan fingerprint density at radius 2 is 1.89 bits per heavy atom. The molecule has 0 atom stereocenters. The van der Waals surface area contributed by atoms with Crippen molar-refractivity contribution in [1.29, 1.82) is 0 Å². The average molecular weight is 276 g/mol. The van der Waals surface area contributed by atoms with Gasteiger partial charge in [0.25, 0.3) is 0 Å². The number of rotatable bonds is 5. The van der Waals surface area contributed by atoms with Crippen LogP contribution >= 0.6 is 0 Å². The molecule has 7 heteroatoms. The molecule has 1 aromatic carbocycles. The molecule has 0 spiro atoms. The van der Waals surface area contributed by atoms with Crippen molar-refractivity contribution in [2.24, 2.45) is 0 Å². The lowest BCUT2D eigenvalue weighted by atomic mass is 10.3. The van der Waals surface area contributed by atoms with E-state index < -0.39 is 26.6 Å². The van der Waals surface area contributed by atoms with Crippen LogP contribution in [-0.2, 0) is 10.0 Å². The van der Waals surface area contributed by atoms with E-state index in [0.29, 0.717) is 0 Å². The Kier molecular flexibility index (Phi) is 4.42. The minimum atomic E-state index is -4.23. The van der Waals surface area contributed by atoms with Gasteiger partial charge in [-0.05, 0) is 12.1 Å². The van der Waals surface area contributed by atoms with Gasteiger partial charge in [0.15, 0.2) is 4.90 Å². The summed E-state index contributed by atoms with van der Waals surface area (Å²) in [5.41, 5.74) is 5.06. The number of benzene rings is 1. The van der Waals surface area contributed by atoms with Crippen LogP contribution in [0.2, 0.25) is 0 Å². The lowest BCUT2D eigenvalue weighted by Crippen LogP contribution is -2.32. The highest BCUT2D eigenvalue weighted by Crippen LogP contribution is 2.24. The van der Waals surface area contributed by atoms with E-state index in [0.717, 1.165) is 16.4 Å². The van der Waals surface area contributed by atoms with Crippen LogP contribution in [0.15, 0.2) is 29.7 Å². The summed E-state index contributed by atoms with van der Waals surface area (Å²) in [4.78, 5) is -0.986. The molecular weight excluding hydrogens is 262 g/mol. The van der Waals surface area contributed by atoms with Gasteiger partial charge >= 0.3 is 0 Å². The molecule has 100 valence electrons. The number of nitrogens with two attached hydrogens (primary N) is 1. The van der Waals surface area contributed by atoms with E-state index in [-0.39, 0.29) is 18.8 Å². The van der Waals surface area contributed by atoms with Crippen molar-refractivity contribution in [3.8, 4) is 0 Å². The van der Waals surface area contributed by atoms with Gasteiger partial charge in [-0.3, -0.25) is 0 Å². The lowest BCUT2D eigenvalue weighted by molar-refractivity contribution is 0.443. The Morgan fingerprint density at radius 3 is 2.28 bits per heavy atom.